The highest BCUT2D eigenvalue weighted by Crippen LogP contribution is 2.33. The smallest absolute Gasteiger partial charge is 0.251 e. The molecule has 1 aliphatic carbocycles. The Morgan fingerprint density at radius 3 is 2.41 bits per heavy atom. The minimum Gasteiger partial charge on any atom is -0.377 e. The minimum atomic E-state index is -0.715. The average Bonchev–Trinajstić information content (AvgIpc) is 3.43. The zero-order valence-corrected chi connectivity index (χ0v) is 22.4. The predicted octanol–water partition coefficient (Wildman–Crippen LogP) is 2.76. The molecule has 4 aliphatic rings. The number of carbonyl (C=O) groups is 3. The summed E-state index contributed by atoms with van der Waals surface area (Å²) in [4.78, 5) is 43.5. The lowest BCUT2D eigenvalue weighted by molar-refractivity contribution is -0.138. The Morgan fingerprint density at radius 2 is 1.81 bits per heavy atom. The third kappa shape index (κ3) is 5.47. The van der Waals surface area contributed by atoms with Gasteiger partial charge in [0.15, 0.2) is 5.78 Å². The second-order valence-electron chi connectivity index (χ2n) is 11.6. The molecule has 0 spiro atoms. The molecule has 0 aromatic heterocycles. The molecule has 37 heavy (non-hydrogen) atoms. The molecular weight excluding hydrogens is 470 g/mol. The van der Waals surface area contributed by atoms with Gasteiger partial charge in [-0.3, -0.25) is 14.4 Å². The molecule has 8 nitrogen and oxygen atoms in total. The monoisotopic (exact) mass is 511 g/mol. The van der Waals surface area contributed by atoms with Crippen LogP contribution >= 0.6 is 0 Å². The first kappa shape index (κ1) is 26.3. The summed E-state index contributed by atoms with van der Waals surface area (Å²) >= 11 is 0. The van der Waals surface area contributed by atoms with Gasteiger partial charge in [0.2, 0.25) is 5.91 Å². The highest BCUT2D eigenvalue weighted by molar-refractivity contribution is 5.99. The lowest BCUT2D eigenvalue weighted by Crippen LogP contribution is -2.52. The summed E-state index contributed by atoms with van der Waals surface area (Å²) in [6.07, 6.45) is 6.11. The van der Waals surface area contributed by atoms with E-state index >= 15 is 0 Å². The number of fused-ring (bicyclic) bond motifs is 1. The molecule has 3 aliphatic heterocycles. The van der Waals surface area contributed by atoms with Crippen molar-refractivity contribution in [2.45, 2.75) is 88.6 Å². The first-order valence-electron chi connectivity index (χ1n) is 14.0. The fourth-order valence-corrected chi connectivity index (χ4v) is 6.44. The van der Waals surface area contributed by atoms with Gasteiger partial charge >= 0.3 is 0 Å². The van der Waals surface area contributed by atoms with E-state index in [9.17, 15) is 14.4 Å². The van der Waals surface area contributed by atoms with Gasteiger partial charge in [-0.25, -0.2) is 0 Å². The number of piperidine rings is 1. The van der Waals surface area contributed by atoms with Crippen molar-refractivity contribution in [1.82, 2.24) is 15.1 Å². The molecule has 4 fully saturated rings. The number of nitrogens with one attached hydrogen (secondary N) is 1. The Kier molecular flexibility index (Phi) is 7.98. The SMILES string of the molecule is CO[C@@H]1CN(C(=O)[C@H](CC(C)C)NC(=O)c2ccc(C3CCN(C4CCC4)CC3)cc2)[C@@H]2C(=O)CO[C@@H]21. The maximum atomic E-state index is 13.6. The molecule has 202 valence electrons. The van der Waals surface area contributed by atoms with Gasteiger partial charge in [-0.05, 0) is 74.7 Å². The lowest BCUT2D eigenvalue weighted by Gasteiger charge is -2.42. The first-order chi connectivity index (χ1) is 17.9. The van der Waals surface area contributed by atoms with Gasteiger partial charge in [-0.15, -0.1) is 0 Å². The number of rotatable bonds is 8. The number of Topliss-reactive ketones (excluding diaryl/α,β-unsaturated/α-hetero) is 1. The van der Waals surface area contributed by atoms with Crippen LogP contribution in [0.2, 0.25) is 0 Å². The second-order valence-corrected chi connectivity index (χ2v) is 11.6. The summed E-state index contributed by atoms with van der Waals surface area (Å²) in [6.45, 7) is 6.64. The topological polar surface area (TPSA) is 88.2 Å². The number of hydrogen-bond donors (Lipinski definition) is 1. The number of methoxy groups -OCH3 is 1. The summed E-state index contributed by atoms with van der Waals surface area (Å²) in [7, 11) is 1.57. The van der Waals surface area contributed by atoms with Crippen LogP contribution in [-0.4, -0.2) is 91.1 Å². The van der Waals surface area contributed by atoms with Crippen molar-refractivity contribution in [3.8, 4) is 0 Å². The van der Waals surface area contributed by atoms with Crippen molar-refractivity contribution in [3.05, 3.63) is 35.4 Å². The largest absolute Gasteiger partial charge is 0.377 e. The van der Waals surface area contributed by atoms with Crippen molar-refractivity contribution in [2.75, 3.05) is 33.4 Å². The second kappa shape index (κ2) is 11.2. The van der Waals surface area contributed by atoms with Crippen LogP contribution in [0.5, 0.6) is 0 Å². The van der Waals surface area contributed by atoms with Crippen molar-refractivity contribution in [1.29, 1.82) is 0 Å². The summed E-state index contributed by atoms with van der Waals surface area (Å²) < 4.78 is 11.1. The number of carbonyl (C=O) groups excluding carboxylic acids is 3. The third-order valence-corrected chi connectivity index (χ3v) is 8.80. The highest BCUT2D eigenvalue weighted by Gasteiger charge is 2.53. The number of likely N-dealkylation sites (tertiary alicyclic amines) is 2. The summed E-state index contributed by atoms with van der Waals surface area (Å²) in [5.41, 5.74) is 1.83. The van der Waals surface area contributed by atoms with Crippen LogP contribution in [0.15, 0.2) is 24.3 Å². The quantitative estimate of drug-likeness (QED) is 0.578. The van der Waals surface area contributed by atoms with Crippen LogP contribution in [0, 0.1) is 5.92 Å². The molecule has 0 radical (unpaired) electrons. The first-order valence-corrected chi connectivity index (χ1v) is 14.0. The van der Waals surface area contributed by atoms with Gasteiger partial charge in [-0.1, -0.05) is 32.4 Å². The average molecular weight is 512 g/mol. The number of ketones is 1. The fraction of sp³-hybridized carbons (Fsp3) is 0.690. The van der Waals surface area contributed by atoms with Crippen LogP contribution in [0.4, 0.5) is 0 Å². The zero-order valence-electron chi connectivity index (χ0n) is 22.4. The normalized spacial score (nSPS) is 27.8. The molecule has 3 saturated heterocycles. The van der Waals surface area contributed by atoms with Gasteiger partial charge in [0.05, 0.1) is 6.54 Å². The van der Waals surface area contributed by atoms with Crippen LogP contribution in [0.1, 0.15) is 74.2 Å². The number of amides is 2. The molecule has 8 heteroatoms. The fourth-order valence-electron chi connectivity index (χ4n) is 6.44. The summed E-state index contributed by atoms with van der Waals surface area (Å²) in [6, 6.07) is 7.34. The van der Waals surface area contributed by atoms with E-state index in [1.54, 1.807) is 12.0 Å². The zero-order chi connectivity index (χ0) is 26.1. The molecule has 0 unspecified atom stereocenters. The van der Waals surface area contributed by atoms with E-state index in [0.29, 0.717) is 17.9 Å². The Hall–Kier alpha value is -2.29. The van der Waals surface area contributed by atoms with Crippen molar-refractivity contribution >= 4 is 17.6 Å². The Bertz CT molecular complexity index is 984. The third-order valence-electron chi connectivity index (χ3n) is 8.80. The van der Waals surface area contributed by atoms with E-state index in [0.717, 1.165) is 32.0 Å². The van der Waals surface area contributed by atoms with Crippen LogP contribution in [0.3, 0.4) is 0 Å². The predicted molar refractivity (Wildman–Crippen MR) is 139 cm³/mol. The number of nitrogens with zero attached hydrogens (tertiary/aromatic N) is 2. The molecule has 0 bridgehead atoms. The Labute approximate surface area is 220 Å². The van der Waals surface area contributed by atoms with Gasteiger partial charge in [0, 0.05) is 18.7 Å². The van der Waals surface area contributed by atoms with Crippen molar-refractivity contribution < 1.29 is 23.9 Å². The summed E-state index contributed by atoms with van der Waals surface area (Å²) in [5, 5.41) is 2.97. The van der Waals surface area contributed by atoms with Crippen LogP contribution in [0.25, 0.3) is 0 Å². The molecule has 3 heterocycles. The molecule has 2 amide bonds. The van der Waals surface area contributed by atoms with E-state index in [2.05, 4.69) is 22.3 Å². The number of hydrogen-bond acceptors (Lipinski definition) is 6. The molecule has 4 atom stereocenters. The van der Waals surface area contributed by atoms with Gasteiger partial charge < -0.3 is 24.6 Å². The van der Waals surface area contributed by atoms with E-state index in [1.165, 1.54) is 24.8 Å². The van der Waals surface area contributed by atoms with Crippen molar-refractivity contribution in [2.24, 2.45) is 5.92 Å². The van der Waals surface area contributed by atoms with E-state index in [-0.39, 0.29) is 42.8 Å². The standard InChI is InChI=1S/C29H41N3O5/c1-18(2)15-23(29(35)32-16-25(36-3)27-26(32)24(33)17-37-27)30-28(34)21-9-7-19(8-10-21)20-11-13-31(14-12-20)22-5-4-6-22/h7-10,18,20,22-23,25-27H,4-6,11-17H2,1-3H3,(H,30,34)/t23-,25+,26+,27+/m0/s1. The van der Waals surface area contributed by atoms with E-state index < -0.39 is 18.2 Å². The Morgan fingerprint density at radius 1 is 1.11 bits per heavy atom. The van der Waals surface area contributed by atoms with E-state index in [4.69, 9.17) is 9.47 Å². The van der Waals surface area contributed by atoms with Gasteiger partial charge in [0.25, 0.3) is 5.91 Å². The highest BCUT2D eigenvalue weighted by atomic mass is 16.5. The Balaban J connectivity index is 1.22. The molecule has 5 rings (SSSR count). The van der Waals surface area contributed by atoms with Crippen LogP contribution in [-0.2, 0) is 19.1 Å². The summed E-state index contributed by atoms with van der Waals surface area (Å²) in [5.74, 6) is 0.103. The van der Waals surface area contributed by atoms with Gasteiger partial charge in [-0.2, -0.15) is 0 Å². The van der Waals surface area contributed by atoms with Crippen molar-refractivity contribution in [3.63, 3.8) is 0 Å². The molecule has 1 N–H and O–H groups in total. The molecule has 1 saturated carbocycles. The number of benzene rings is 1. The molecule has 1 aromatic carbocycles. The molecular formula is C29H41N3O5. The minimum absolute atomic E-state index is 0.00780. The van der Waals surface area contributed by atoms with Gasteiger partial charge in [0.1, 0.15) is 30.9 Å². The molecule has 1 aromatic rings. The maximum Gasteiger partial charge on any atom is 0.251 e. The van der Waals surface area contributed by atoms with Crippen LogP contribution < -0.4 is 5.32 Å². The lowest BCUT2D eigenvalue weighted by atomic mass is 9.85. The number of ether oxygens (including phenoxy) is 2. The van der Waals surface area contributed by atoms with E-state index in [1.807, 2.05) is 26.0 Å². The maximum absolute atomic E-state index is 13.6.